The first-order valence-corrected chi connectivity index (χ1v) is 9.07. The van der Waals surface area contributed by atoms with Gasteiger partial charge in [0.05, 0.1) is 11.4 Å². The lowest BCUT2D eigenvalue weighted by molar-refractivity contribution is 0.573. The summed E-state index contributed by atoms with van der Waals surface area (Å²) >= 11 is 1.75. The lowest BCUT2D eigenvalue weighted by atomic mass is 10.2. The summed E-state index contributed by atoms with van der Waals surface area (Å²) in [5, 5.41) is 4.62. The Bertz CT molecular complexity index is 956. The monoisotopic (exact) mass is 349 g/mol. The van der Waals surface area contributed by atoms with E-state index in [0.717, 1.165) is 22.2 Å². The third-order valence-electron chi connectivity index (χ3n) is 4.12. The summed E-state index contributed by atoms with van der Waals surface area (Å²) in [6, 6.07) is 12.4. The van der Waals surface area contributed by atoms with E-state index in [4.69, 9.17) is 4.98 Å². The molecule has 0 saturated heterocycles. The van der Waals surface area contributed by atoms with Crippen molar-refractivity contribution in [3.8, 4) is 10.6 Å². The summed E-state index contributed by atoms with van der Waals surface area (Å²) < 4.78 is 1.94. The molecule has 0 saturated carbocycles. The number of imidazole rings is 1. The molecule has 0 bridgehead atoms. The Morgan fingerprint density at radius 2 is 2.00 bits per heavy atom. The number of fused-ring (bicyclic) bond motifs is 1. The van der Waals surface area contributed by atoms with Gasteiger partial charge < -0.3 is 5.32 Å². The minimum absolute atomic E-state index is 0.215. The standard InChI is InChI=1S/C19H19N5S/c1-13(21-11-16-12-24-10-6-9-20-19(24)23-16)17-14(2)22-18(25-17)15-7-4-3-5-8-15/h3-10,12-13,21H,11H2,1-2H3/t13-/m0/s1. The van der Waals surface area contributed by atoms with E-state index in [-0.39, 0.29) is 6.04 Å². The first-order valence-electron chi connectivity index (χ1n) is 8.25. The molecule has 4 rings (SSSR count). The minimum Gasteiger partial charge on any atom is -0.304 e. The first kappa shape index (κ1) is 15.9. The van der Waals surface area contributed by atoms with Crippen molar-refractivity contribution in [1.82, 2.24) is 24.7 Å². The summed E-state index contributed by atoms with van der Waals surface area (Å²) in [4.78, 5) is 14.8. The van der Waals surface area contributed by atoms with Gasteiger partial charge in [-0.15, -0.1) is 11.3 Å². The predicted octanol–water partition coefficient (Wildman–Crippen LogP) is 4.01. The van der Waals surface area contributed by atoms with Gasteiger partial charge in [-0.1, -0.05) is 30.3 Å². The van der Waals surface area contributed by atoms with Crippen molar-refractivity contribution in [2.24, 2.45) is 0 Å². The maximum absolute atomic E-state index is 4.74. The molecule has 5 nitrogen and oxygen atoms in total. The van der Waals surface area contributed by atoms with E-state index in [1.54, 1.807) is 17.5 Å². The highest BCUT2D eigenvalue weighted by Crippen LogP contribution is 2.31. The van der Waals surface area contributed by atoms with Gasteiger partial charge in [-0.25, -0.2) is 15.0 Å². The highest BCUT2D eigenvalue weighted by molar-refractivity contribution is 7.15. The first-order chi connectivity index (χ1) is 12.2. The number of hydrogen-bond donors (Lipinski definition) is 1. The molecule has 0 amide bonds. The number of aromatic nitrogens is 4. The molecule has 6 heteroatoms. The van der Waals surface area contributed by atoms with Crippen molar-refractivity contribution < 1.29 is 0 Å². The predicted molar refractivity (Wildman–Crippen MR) is 101 cm³/mol. The molecule has 0 spiro atoms. The molecule has 4 aromatic rings. The second-order valence-corrected chi connectivity index (χ2v) is 7.03. The van der Waals surface area contributed by atoms with Crippen LogP contribution in [0.4, 0.5) is 0 Å². The van der Waals surface area contributed by atoms with Crippen LogP contribution in [0, 0.1) is 6.92 Å². The Morgan fingerprint density at radius 1 is 1.16 bits per heavy atom. The highest BCUT2D eigenvalue weighted by Gasteiger charge is 2.15. The van der Waals surface area contributed by atoms with E-state index < -0.39 is 0 Å². The zero-order chi connectivity index (χ0) is 17.2. The van der Waals surface area contributed by atoms with Crippen molar-refractivity contribution in [2.45, 2.75) is 26.4 Å². The lowest BCUT2D eigenvalue weighted by Gasteiger charge is -2.11. The smallest absolute Gasteiger partial charge is 0.233 e. The van der Waals surface area contributed by atoms with E-state index in [1.165, 1.54) is 10.4 Å². The number of aryl methyl sites for hydroxylation is 1. The average Bonchev–Trinajstić information content (AvgIpc) is 3.23. The van der Waals surface area contributed by atoms with Crippen LogP contribution in [0.3, 0.4) is 0 Å². The number of rotatable bonds is 5. The van der Waals surface area contributed by atoms with Crippen LogP contribution in [0.25, 0.3) is 16.3 Å². The maximum atomic E-state index is 4.74. The van der Waals surface area contributed by atoms with Gasteiger partial charge in [0.15, 0.2) is 0 Å². The molecule has 3 aromatic heterocycles. The molecular weight excluding hydrogens is 330 g/mol. The molecule has 0 fully saturated rings. The van der Waals surface area contributed by atoms with Crippen molar-refractivity contribution in [3.05, 3.63) is 71.3 Å². The van der Waals surface area contributed by atoms with Crippen LogP contribution in [0.15, 0.2) is 55.0 Å². The fourth-order valence-electron chi connectivity index (χ4n) is 2.83. The van der Waals surface area contributed by atoms with E-state index >= 15 is 0 Å². The van der Waals surface area contributed by atoms with Gasteiger partial charge in [-0.3, -0.25) is 4.40 Å². The third kappa shape index (κ3) is 3.31. The molecule has 126 valence electrons. The maximum Gasteiger partial charge on any atom is 0.233 e. The zero-order valence-corrected chi connectivity index (χ0v) is 15.0. The Balaban J connectivity index is 1.49. The van der Waals surface area contributed by atoms with E-state index in [0.29, 0.717) is 6.54 Å². The number of nitrogens with zero attached hydrogens (tertiary/aromatic N) is 4. The number of benzene rings is 1. The van der Waals surface area contributed by atoms with Crippen LogP contribution < -0.4 is 5.32 Å². The van der Waals surface area contributed by atoms with Gasteiger partial charge >= 0.3 is 0 Å². The van der Waals surface area contributed by atoms with Crippen LogP contribution in [-0.2, 0) is 6.54 Å². The summed E-state index contributed by atoms with van der Waals surface area (Å²) in [5.41, 5.74) is 3.23. The Labute approximate surface area is 150 Å². The van der Waals surface area contributed by atoms with Crippen molar-refractivity contribution in [2.75, 3.05) is 0 Å². The number of thiazole rings is 1. The molecule has 0 unspecified atom stereocenters. The molecule has 1 aromatic carbocycles. The number of nitrogens with one attached hydrogen (secondary N) is 1. The second-order valence-electron chi connectivity index (χ2n) is 6.00. The van der Waals surface area contributed by atoms with Crippen LogP contribution in [-0.4, -0.2) is 19.4 Å². The molecule has 1 atom stereocenters. The lowest BCUT2D eigenvalue weighted by Crippen LogP contribution is -2.18. The van der Waals surface area contributed by atoms with E-state index in [2.05, 4.69) is 41.3 Å². The van der Waals surface area contributed by atoms with Crippen LogP contribution in [0.5, 0.6) is 0 Å². The van der Waals surface area contributed by atoms with Crippen molar-refractivity contribution in [1.29, 1.82) is 0 Å². The Hall–Kier alpha value is -2.57. The van der Waals surface area contributed by atoms with E-state index in [1.807, 2.05) is 41.1 Å². The molecule has 0 aliphatic carbocycles. The van der Waals surface area contributed by atoms with Gasteiger partial charge in [0.25, 0.3) is 0 Å². The average molecular weight is 349 g/mol. The largest absolute Gasteiger partial charge is 0.304 e. The molecule has 25 heavy (non-hydrogen) atoms. The molecule has 1 N–H and O–H groups in total. The van der Waals surface area contributed by atoms with E-state index in [9.17, 15) is 0 Å². The van der Waals surface area contributed by atoms with Gasteiger partial charge in [0.2, 0.25) is 5.78 Å². The molecule has 3 heterocycles. The summed E-state index contributed by atoms with van der Waals surface area (Å²) in [6.07, 6.45) is 5.73. The van der Waals surface area contributed by atoms with Crippen LogP contribution in [0.2, 0.25) is 0 Å². The Morgan fingerprint density at radius 3 is 2.80 bits per heavy atom. The zero-order valence-electron chi connectivity index (χ0n) is 14.2. The van der Waals surface area contributed by atoms with Gasteiger partial charge in [0.1, 0.15) is 5.01 Å². The summed E-state index contributed by atoms with van der Waals surface area (Å²) in [6.45, 7) is 4.94. The van der Waals surface area contributed by atoms with Gasteiger partial charge in [0, 0.05) is 41.6 Å². The fraction of sp³-hybridized carbons (Fsp3) is 0.211. The highest BCUT2D eigenvalue weighted by atomic mass is 32.1. The van der Waals surface area contributed by atoms with Crippen LogP contribution >= 0.6 is 11.3 Å². The molecule has 0 radical (unpaired) electrons. The fourth-order valence-corrected chi connectivity index (χ4v) is 3.93. The third-order valence-corrected chi connectivity index (χ3v) is 5.51. The SMILES string of the molecule is Cc1nc(-c2ccccc2)sc1[C@H](C)NCc1cn2cccnc2n1. The molecule has 0 aliphatic heterocycles. The van der Waals surface area contributed by atoms with Crippen molar-refractivity contribution >= 4 is 17.1 Å². The quantitative estimate of drug-likeness (QED) is 0.591. The topological polar surface area (TPSA) is 55.1 Å². The van der Waals surface area contributed by atoms with Gasteiger partial charge in [-0.05, 0) is 19.9 Å². The normalized spacial score (nSPS) is 12.6. The van der Waals surface area contributed by atoms with Crippen LogP contribution in [0.1, 0.15) is 29.2 Å². The number of hydrogen-bond acceptors (Lipinski definition) is 5. The second kappa shape index (κ2) is 6.74. The van der Waals surface area contributed by atoms with Crippen molar-refractivity contribution in [3.63, 3.8) is 0 Å². The van der Waals surface area contributed by atoms with Gasteiger partial charge in [-0.2, -0.15) is 0 Å². The molecule has 0 aliphatic rings. The summed E-state index contributed by atoms with van der Waals surface area (Å²) in [7, 11) is 0. The molecular formula is C19H19N5S. The minimum atomic E-state index is 0.215. The Kier molecular flexibility index (Phi) is 4.29. The summed E-state index contributed by atoms with van der Waals surface area (Å²) in [5.74, 6) is 0.729.